The molecule has 1 saturated heterocycles. The smallest absolute Gasteiger partial charge is 0.340 e. The molecule has 0 saturated carbocycles. The van der Waals surface area contributed by atoms with Crippen LogP contribution in [-0.2, 0) is 18.6 Å². The lowest BCUT2D eigenvalue weighted by molar-refractivity contribution is -0.117. The van der Waals surface area contributed by atoms with Gasteiger partial charge < -0.3 is 9.64 Å². The van der Waals surface area contributed by atoms with Gasteiger partial charge in [0.05, 0.1) is 30.3 Å². The van der Waals surface area contributed by atoms with Gasteiger partial charge in [-0.25, -0.2) is 18.2 Å². The highest BCUT2D eigenvalue weighted by Gasteiger charge is 2.35. The third-order valence-corrected chi connectivity index (χ3v) is 4.87. The highest BCUT2D eigenvalue weighted by molar-refractivity contribution is 9.10. The largest absolute Gasteiger partial charge is 0.465 e. The normalized spacial score (nSPS) is 18.6. The first-order valence-electron chi connectivity index (χ1n) is 6.18. The average Bonchev–Trinajstić information content (AvgIpc) is 2.76. The van der Waals surface area contributed by atoms with E-state index in [9.17, 15) is 18.0 Å². The Morgan fingerprint density at radius 2 is 2.27 bits per heavy atom. The summed E-state index contributed by atoms with van der Waals surface area (Å²) < 4.78 is 27.4. The van der Waals surface area contributed by atoms with E-state index >= 15 is 0 Å². The van der Waals surface area contributed by atoms with Crippen molar-refractivity contribution < 1.29 is 22.7 Å². The van der Waals surface area contributed by atoms with E-state index in [4.69, 9.17) is 15.4 Å². The molecule has 1 aliphatic rings. The summed E-state index contributed by atoms with van der Waals surface area (Å²) in [7, 11) is 2.76. The lowest BCUT2D eigenvalue weighted by Crippen LogP contribution is -2.27. The van der Waals surface area contributed by atoms with E-state index in [1.54, 1.807) is 0 Å². The second-order valence-electron chi connectivity index (χ2n) is 4.80. The van der Waals surface area contributed by atoms with Crippen molar-refractivity contribution in [1.29, 1.82) is 0 Å². The van der Waals surface area contributed by atoms with Crippen molar-refractivity contribution in [1.82, 2.24) is 4.98 Å². The molecule has 0 aromatic carbocycles. The van der Waals surface area contributed by atoms with Crippen LogP contribution >= 0.6 is 26.6 Å². The molecule has 1 aliphatic heterocycles. The molecule has 1 aromatic rings. The minimum Gasteiger partial charge on any atom is -0.465 e. The summed E-state index contributed by atoms with van der Waals surface area (Å²) in [5.74, 6) is -1.63. The van der Waals surface area contributed by atoms with Crippen LogP contribution in [0.5, 0.6) is 0 Å². The summed E-state index contributed by atoms with van der Waals surface area (Å²) in [6.07, 6.45) is 1.41. The lowest BCUT2D eigenvalue weighted by Gasteiger charge is -2.19. The number of carbonyl (C=O) groups is 2. The van der Waals surface area contributed by atoms with Crippen LogP contribution in [0.15, 0.2) is 16.9 Å². The van der Waals surface area contributed by atoms with Gasteiger partial charge in [-0.05, 0) is 22.0 Å². The van der Waals surface area contributed by atoms with E-state index in [-0.39, 0.29) is 35.9 Å². The standard InChI is InChI=1S/C12H12BrClN2O5S/c1-21-12(18)8-3-10(13)15-4-9(8)16-5-7(2-11(16)17)6-22(14,19)20/h3-4,7H,2,5-6H2,1H3. The fourth-order valence-electron chi connectivity index (χ4n) is 2.32. The second-order valence-corrected chi connectivity index (χ2v) is 8.43. The molecule has 22 heavy (non-hydrogen) atoms. The number of methoxy groups -OCH3 is 1. The van der Waals surface area contributed by atoms with E-state index in [1.807, 2.05) is 0 Å². The minimum absolute atomic E-state index is 0.0443. The third-order valence-electron chi connectivity index (χ3n) is 3.19. The molecule has 10 heteroatoms. The predicted octanol–water partition coefficient (Wildman–Crippen LogP) is 1.55. The van der Waals surface area contributed by atoms with Crippen LogP contribution in [0.3, 0.4) is 0 Å². The molecule has 1 unspecified atom stereocenters. The first-order valence-corrected chi connectivity index (χ1v) is 9.45. The van der Waals surface area contributed by atoms with E-state index in [0.717, 1.165) is 0 Å². The molecule has 0 bridgehead atoms. The molecule has 1 atom stereocenters. The molecule has 0 radical (unpaired) electrons. The Hall–Kier alpha value is -1.19. The summed E-state index contributed by atoms with van der Waals surface area (Å²) in [5.41, 5.74) is 0.460. The highest BCUT2D eigenvalue weighted by Crippen LogP contribution is 2.30. The molecular formula is C12H12BrClN2O5S. The van der Waals surface area contributed by atoms with Gasteiger partial charge in [0.1, 0.15) is 4.60 Å². The third kappa shape index (κ3) is 3.96. The number of rotatable bonds is 4. The zero-order valence-electron chi connectivity index (χ0n) is 11.5. The van der Waals surface area contributed by atoms with Crippen molar-refractivity contribution >= 4 is 53.2 Å². The number of nitrogens with zero attached hydrogens (tertiary/aromatic N) is 2. The first-order chi connectivity index (χ1) is 10.2. The van der Waals surface area contributed by atoms with Gasteiger partial charge in [-0.15, -0.1) is 0 Å². The Bertz CT molecular complexity index is 724. The van der Waals surface area contributed by atoms with Gasteiger partial charge in [-0.2, -0.15) is 0 Å². The molecule has 0 aliphatic carbocycles. The number of amides is 1. The molecule has 120 valence electrons. The van der Waals surface area contributed by atoms with Gasteiger partial charge in [0.15, 0.2) is 0 Å². The Morgan fingerprint density at radius 1 is 1.59 bits per heavy atom. The van der Waals surface area contributed by atoms with E-state index in [1.165, 1.54) is 24.3 Å². The molecule has 1 fully saturated rings. The number of hydrogen-bond acceptors (Lipinski definition) is 6. The number of pyridine rings is 1. The van der Waals surface area contributed by atoms with Gasteiger partial charge in [-0.1, -0.05) is 0 Å². The van der Waals surface area contributed by atoms with Crippen LogP contribution < -0.4 is 4.90 Å². The summed E-state index contributed by atoms with van der Waals surface area (Å²) in [5, 5.41) is 0. The number of hydrogen-bond donors (Lipinski definition) is 0. The number of esters is 1. The maximum atomic E-state index is 12.1. The molecule has 2 rings (SSSR count). The Labute approximate surface area is 140 Å². The van der Waals surface area contributed by atoms with E-state index in [0.29, 0.717) is 4.60 Å². The first kappa shape index (κ1) is 17.2. The quantitative estimate of drug-likeness (QED) is 0.424. The molecule has 0 N–H and O–H groups in total. The Kier molecular flexibility index (Phi) is 5.08. The SMILES string of the molecule is COC(=O)c1cc(Br)ncc1N1CC(CS(=O)(=O)Cl)CC1=O. The molecule has 1 aromatic heterocycles. The van der Waals surface area contributed by atoms with Crippen molar-refractivity contribution in [2.75, 3.05) is 24.3 Å². The molecule has 0 spiro atoms. The zero-order chi connectivity index (χ0) is 16.5. The molecule has 1 amide bonds. The van der Waals surface area contributed by atoms with Crippen LogP contribution in [0.25, 0.3) is 0 Å². The molecular weight excluding hydrogens is 400 g/mol. The van der Waals surface area contributed by atoms with Crippen molar-refractivity contribution in [2.24, 2.45) is 5.92 Å². The van der Waals surface area contributed by atoms with Gasteiger partial charge in [0.25, 0.3) is 0 Å². The topological polar surface area (TPSA) is 93.6 Å². The minimum atomic E-state index is -3.70. The zero-order valence-corrected chi connectivity index (χ0v) is 14.6. The van der Waals surface area contributed by atoms with Gasteiger partial charge in [0.2, 0.25) is 15.0 Å². The van der Waals surface area contributed by atoms with Crippen molar-refractivity contribution in [2.45, 2.75) is 6.42 Å². The van der Waals surface area contributed by atoms with Crippen molar-refractivity contribution in [3.05, 3.63) is 22.4 Å². The number of ether oxygens (including phenoxy) is 1. The number of halogens is 2. The Morgan fingerprint density at radius 3 is 2.86 bits per heavy atom. The fourth-order valence-corrected chi connectivity index (χ4v) is 3.97. The van der Waals surface area contributed by atoms with E-state index < -0.39 is 20.9 Å². The fraction of sp³-hybridized carbons (Fsp3) is 0.417. The summed E-state index contributed by atoms with van der Waals surface area (Å²) >= 11 is 3.15. The average molecular weight is 412 g/mol. The number of anilines is 1. The maximum Gasteiger partial charge on any atom is 0.340 e. The van der Waals surface area contributed by atoms with Crippen LogP contribution in [-0.4, -0.2) is 44.7 Å². The maximum absolute atomic E-state index is 12.1. The van der Waals surface area contributed by atoms with E-state index in [2.05, 4.69) is 20.9 Å². The van der Waals surface area contributed by atoms with Crippen LogP contribution in [0, 0.1) is 5.92 Å². The Balaban J connectivity index is 2.32. The van der Waals surface area contributed by atoms with Gasteiger partial charge >= 0.3 is 5.97 Å². The van der Waals surface area contributed by atoms with Crippen molar-refractivity contribution in [3.63, 3.8) is 0 Å². The summed E-state index contributed by atoms with van der Waals surface area (Å²) in [6.45, 7) is 0.151. The van der Waals surface area contributed by atoms with Crippen LogP contribution in [0.2, 0.25) is 0 Å². The second kappa shape index (κ2) is 6.51. The summed E-state index contributed by atoms with van der Waals surface area (Å²) in [6, 6.07) is 1.44. The summed E-state index contributed by atoms with van der Waals surface area (Å²) in [4.78, 5) is 29.3. The molecule has 7 nitrogen and oxygen atoms in total. The predicted molar refractivity (Wildman–Crippen MR) is 83.4 cm³/mol. The van der Waals surface area contributed by atoms with Crippen LogP contribution in [0.1, 0.15) is 16.8 Å². The monoisotopic (exact) mass is 410 g/mol. The van der Waals surface area contributed by atoms with Crippen LogP contribution in [0.4, 0.5) is 5.69 Å². The van der Waals surface area contributed by atoms with Gasteiger partial charge in [-0.3, -0.25) is 4.79 Å². The number of carbonyl (C=O) groups excluding carboxylic acids is 2. The highest BCUT2D eigenvalue weighted by atomic mass is 79.9. The van der Waals surface area contributed by atoms with Gasteiger partial charge in [0, 0.05) is 29.6 Å². The lowest BCUT2D eigenvalue weighted by atomic mass is 10.1. The van der Waals surface area contributed by atoms with Crippen molar-refractivity contribution in [3.8, 4) is 0 Å². The molecule has 2 heterocycles. The number of aromatic nitrogens is 1.